The second-order valence-electron chi connectivity index (χ2n) is 7.27. The lowest BCUT2D eigenvalue weighted by Gasteiger charge is -2.22. The summed E-state index contributed by atoms with van der Waals surface area (Å²) < 4.78 is 0. The molecule has 1 aromatic carbocycles. The van der Waals surface area contributed by atoms with Crippen LogP contribution in [0.3, 0.4) is 0 Å². The summed E-state index contributed by atoms with van der Waals surface area (Å²) in [4.78, 5) is 32.4. The van der Waals surface area contributed by atoms with Crippen molar-refractivity contribution in [1.82, 2.24) is 24.8 Å². The van der Waals surface area contributed by atoms with E-state index in [0.29, 0.717) is 28.5 Å². The standard InChI is InChI=1S/C24H21N7O/c1-2-17-10-19-11-18(5-7-21(19)30-23(17)26)24(32)31(15-22-27-8-3-9-28-22)14-20-6-4-16(12-25)13-29-20/h3-11,13H,2,14-15H2,1H3,(H2,26,30). The largest absolute Gasteiger partial charge is 0.383 e. The fraction of sp³-hybridized carbons (Fsp3) is 0.167. The quantitative estimate of drug-likeness (QED) is 0.505. The van der Waals surface area contributed by atoms with Gasteiger partial charge in [0.2, 0.25) is 0 Å². The number of anilines is 1. The summed E-state index contributed by atoms with van der Waals surface area (Å²) in [6.45, 7) is 2.49. The van der Waals surface area contributed by atoms with Crippen LogP contribution in [0.25, 0.3) is 10.9 Å². The van der Waals surface area contributed by atoms with E-state index >= 15 is 0 Å². The lowest BCUT2D eigenvalue weighted by atomic mass is 10.1. The number of benzene rings is 1. The Morgan fingerprint density at radius 3 is 2.59 bits per heavy atom. The number of rotatable bonds is 6. The van der Waals surface area contributed by atoms with Crippen LogP contribution in [0.4, 0.5) is 5.82 Å². The van der Waals surface area contributed by atoms with Gasteiger partial charge in [-0.25, -0.2) is 15.0 Å². The van der Waals surface area contributed by atoms with E-state index in [-0.39, 0.29) is 19.0 Å². The van der Waals surface area contributed by atoms with Crippen molar-refractivity contribution < 1.29 is 4.79 Å². The lowest BCUT2D eigenvalue weighted by Crippen LogP contribution is -2.31. The second-order valence-corrected chi connectivity index (χ2v) is 7.27. The SMILES string of the molecule is CCc1cc2cc(C(=O)N(Cc3ccc(C#N)cn3)Cc3ncccn3)ccc2nc1N. The molecule has 8 heteroatoms. The number of nitrogens with zero attached hydrogens (tertiary/aromatic N) is 6. The zero-order valence-electron chi connectivity index (χ0n) is 17.6. The molecule has 0 radical (unpaired) electrons. The maximum atomic E-state index is 13.5. The van der Waals surface area contributed by atoms with Gasteiger partial charge in [0.1, 0.15) is 17.7 Å². The average Bonchev–Trinajstić information content (AvgIpc) is 2.83. The molecule has 0 saturated heterocycles. The molecule has 8 nitrogen and oxygen atoms in total. The number of hydrogen-bond donors (Lipinski definition) is 1. The second kappa shape index (κ2) is 9.18. The molecule has 3 aromatic heterocycles. The molecule has 0 saturated carbocycles. The van der Waals surface area contributed by atoms with E-state index in [1.807, 2.05) is 25.1 Å². The number of fused-ring (bicyclic) bond motifs is 1. The molecule has 4 rings (SSSR count). The number of amides is 1. The van der Waals surface area contributed by atoms with E-state index in [0.717, 1.165) is 22.9 Å². The Labute approximate surface area is 185 Å². The topological polar surface area (TPSA) is 122 Å². The van der Waals surface area contributed by atoms with Crippen molar-refractivity contribution in [3.63, 3.8) is 0 Å². The minimum atomic E-state index is -0.180. The average molecular weight is 423 g/mol. The molecule has 0 atom stereocenters. The van der Waals surface area contributed by atoms with Crippen LogP contribution in [-0.4, -0.2) is 30.7 Å². The summed E-state index contributed by atoms with van der Waals surface area (Å²) in [5.41, 5.74) is 9.34. The third-order valence-electron chi connectivity index (χ3n) is 5.10. The Balaban J connectivity index is 1.68. The molecule has 0 unspecified atom stereocenters. The van der Waals surface area contributed by atoms with Crippen molar-refractivity contribution in [3.05, 3.63) is 89.3 Å². The summed E-state index contributed by atoms with van der Waals surface area (Å²) in [5, 5.41) is 9.85. The van der Waals surface area contributed by atoms with E-state index in [2.05, 4.69) is 19.9 Å². The maximum Gasteiger partial charge on any atom is 0.254 e. The van der Waals surface area contributed by atoms with Crippen LogP contribution in [-0.2, 0) is 19.5 Å². The first-order valence-electron chi connectivity index (χ1n) is 10.2. The van der Waals surface area contributed by atoms with E-state index in [4.69, 9.17) is 11.0 Å². The number of carbonyl (C=O) groups excluding carboxylic acids is 1. The smallest absolute Gasteiger partial charge is 0.254 e. The number of aryl methyl sites for hydroxylation is 1. The maximum absolute atomic E-state index is 13.5. The van der Waals surface area contributed by atoms with Crippen LogP contribution in [0.15, 0.2) is 61.1 Å². The Morgan fingerprint density at radius 1 is 1.09 bits per heavy atom. The highest BCUT2D eigenvalue weighted by Gasteiger charge is 2.19. The van der Waals surface area contributed by atoms with Crippen molar-refractivity contribution in [2.45, 2.75) is 26.4 Å². The van der Waals surface area contributed by atoms with Gasteiger partial charge in [-0.05, 0) is 54.4 Å². The molecule has 0 spiro atoms. The van der Waals surface area contributed by atoms with Crippen LogP contribution >= 0.6 is 0 Å². The monoisotopic (exact) mass is 423 g/mol. The molecule has 1 amide bonds. The van der Waals surface area contributed by atoms with Crippen LogP contribution in [0, 0.1) is 11.3 Å². The molecular formula is C24H21N7O. The van der Waals surface area contributed by atoms with E-state index < -0.39 is 0 Å². The Kier molecular flexibility index (Phi) is 5.99. The fourth-order valence-corrected chi connectivity index (χ4v) is 3.40. The predicted molar refractivity (Wildman–Crippen MR) is 120 cm³/mol. The highest BCUT2D eigenvalue weighted by atomic mass is 16.2. The van der Waals surface area contributed by atoms with E-state index in [1.165, 1.54) is 6.20 Å². The zero-order chi connectivity index (χ0) is 22.5. The van der Waals surface area contributed by atoms with Crippen molar-refractivity contribution >= 4 is 22.6 Å². The van der Waals surface area contributed by atoms with Gasteiger partial charge in [-0.3, -0.25) is 9.78 Å². The molecule has 4 aromatic rings. The molecule has 3 heterocycles. The molecule has 0 bridgehead atoms. The van der Waals surface area contributed by atoms with Crippen molar-refractivity contribution in [1.29, 1.82) is 5.26 Å². The van der Waals surface area contributed by atoms with Gasteiger partial charge in [0.05, 0.1) is 29.9 Å². The first-order valence-corrected chi connectivity index (χ1v) is 10.2. The Bertz CT molecular complexity index is 1300. The number of nitrogens with two attached hydrogens (primary N) is 1. The van der Waals surface area contributed by atoms with Crippen LogP contribution in [0.1, 0.15) is 39.9 Å². The van der Waals surface area contributed by atoms with E-state index in [1.54, 1.807) is 47.6 Å². The van der Waals surface area contributed by atoms with Gasteiger partial charge in [0, 0.05) is 29.5 Å². The van der Waals surface area contributed by atoms with Gasteiger partial charge < -0.3 is 10.6 Å². The summed E-state index contributed by atoms with van der Waals surface area (Å²) >= 11 is 0. The number of pyridine rings is 2. The van der Waals surface area contributed by atoms with Crippen LogP contribution in [0.5, 0.6) is 0 Å². The van der Waals surface area contributed by atoms with Gasteiger partial charge in [-0.2, -0.15) is 5.26 Å². The van der Waals surface area contributed by atoms with Gasteiger partial charge in [0.25, 0.3) is 5.91 Å². The Morgan fingerprint density at radius 2 is 1.91 bits per heavy atom. The first-order chi connectivity index (χ1) is 15.6. The molecule has 0 fully saturated rings. The molecule has 0 aliphatic carbocycles. The summed E-state index contributed by atoms with van der Waals surface area (Å²) in [6.07, 6.45) is 5.54. The molecule has 32 heavy (non-hydrogen) atoms. The minimum absolute atomic E-state index is 0.180. The third-order valence-corrected chi connectivity index (χ3v) is 5.10. The lowest BCUT2D eigenvalue weighted by molar-refractivity contribution is 0.0723. The number of nitriles is 1. The number of carbonyl (C=O) groups is 1. The van der Waals surface area contributed by atoms with Crippen molar-refractivity contribution in [3.8, 4) is 6.07 Å². The third kappa shape index (κ3) is 4.52. The predicted octanol–water partition coefficient (Wildman–Crippen LogP) is 3.28. The molecule has 2 N–H and O–H groups in total. The minimum Gasteiger partial charge on any atom is -0.383 e. The summed E-state index contributed by atoms with van der Waals surface area (Å²) in [7, 11) is 0. The fourth-order valence-electron chi connectivity index (χ4n) is 3.40. The van der Waals surface area contributed by atoms with Crippen LogP contribution in [0.2, 0.25) is 0 Å². The number of hydrogen-bond acceptors (Lipinski definition) is 7. The highest BCUT2D eigenvalue weighted by Crippen LogP contribution is 2.22. The first kappa shape index (κ1) is 20.9. The van der Waals surface area contributed by atoms with Gasteiger partial charge in [-0.15, -0.1) is 0 Å². The summed E-state index contributed by atoms with van der Waals surface area (Å²) in [5.74, 6) is 0.854. The van der Waals surface area contributed by atoms with Gasteiger partial charge in [0.15, 0.2) is 0 Å². The Hall–Kier alpha value is -4.38. The van der Waals surface area contributed by atoms with Gasteiger partial charge in [-0.1, -0.05) is 6.92 Å². The molecule has 0 aliphatic rings. The highest BCUT2D eigenvalue weighted by molar-refractivity contribution is 5.98. The number of nitrogen functional groups attached to an aromatic ring is 1. The molecule has 0 aliphatic heterocycles. The molecular weight excluding hydrogens is 402 g/mol. The van der Waals surface area contributed by atoms with Crippen molar-refractivity contribution in [2.24, 2.45) is 0 Å². The van der Waals surface area contributed by atoms with Crippen LogP contribution < -0.4 is 5.73 Å². The van der Waals surface area contributed by atoms with E-state index in [9.17, 15) is 4.79 Å². The van der Waals surface area contributed by atoms with Gasteiger partial charge >= 0.3 is 0 Å². The van der Waals surface area contributed by atoms with Crippen molar-refractivity contribution in [2.75, 3.05) is 5.73 Å². The zero-order valence-corrected chi connectivity index (χ0v) is 17.6. The molecule has 158 valence electrons. The summed E-state index contributed by atoms with van der Waals surface area (Å²) in [6, 6.07) is 14.5. The normalized spacial score (nSPS) is 10.6. The number of aromatic nitrogens is 4.